The largest absolute Gasteiger partial charge is 0.332 e. The monoisotopic (exact) mass is 381 g/mol. The Morgan fingerprint density at radius 3 is 2.14 bits per heavy atom. The van der Waals surface area contributed by atoms with Gasteiger partial charge in [-0.2, -0.15) is 0 Å². The van der Waals surface area contributed by atoms with E-state index < -0.39 is 0 Å². The van der Waals surface area contributed by atoms with Crippen molar-refractivity contribution in [3.8, 4) is 0 Å². The van der Waals surface area contributed by atoms with Crippen LogP contribution in [-0.4, -0.2) is 14.4 Å². The van der Waals surface area contributed by atoms with Crippen LogP contribution >= 0.6 is 0 Å². The fraction of sp³-hybridized carbons (Fsp3) is 0.333. The predicted molar refractivity (Wildman–Crippen MR) is 126 cm³/mol. The van der Waals surface area contributed by atoms with Gasteiger partial charge in [0.15, 0.2) is 5.65 Å². The van der Waals surface area contributed by atoms with Gasteiger partial charge in [-0.05, 0) is 31.2 Å². The molecule has 2 heterocycles. The number of fused-ring (bicyclic) bond motifs is 1. The number of aromatic amines is 1. The maximum atomic E-state index is 12.3. The van der Waals surface area contributed by atoms with E-state index in [2.05, 4.69) is 43.6 Å². The van der Waals surface area contributed by atoms with Gasteiger partial charge in [-0.25, -0.2) is 14.2 Å². The van der Waals surface area contributed by atoms with Gasteiger partial charge in [-0.15, -0.1) is 0 Å². The lowest BCUT2D eigenvalue weighted by Gasteiger charge is -2.04. The number of allylic oxidation sites excluding steroid dienone is 3. The third-order valence-corrected chi connectivity index (χ3v) is 3.75. The molecule has 0 aliphatic heterocycles. The number of imidazole rings is 1. The van der Waals surface area contributed by atoms with E-state index in [-0.39, 0.29) is 5.69 Å². The first kappa shape index (κ1) is 25.1. The first-order chi connectivity index (χ1) is 13.6. The molecule has 0 atom stereocenters. The van der Waals surface area contributed by atoms with Crippen LogP contribution < -0.4 is 5.69 Å². The standard InChI is InChI=1S/C17H17N3O.C5H12.C2H6/c1-5-9-11-12-13(7-3)19-17(21)20-15(10-6-2)14(8-4)18-16(12)20;1-3-5-4-2;1-2/h5-11H,1,3-4H2,2H3,(H,19,21);3-5H2,1-2H3;1-2H3/b10-6-,11-9-;;. The average molecular weight is 382 g/mol. The van der Waals surface area contributed by atoms with E-state index >= 15 is 0 Å². The molecule has 0 saturated heterocycles. The summed E-state index contributed by atoms with van der Waals surface area (Å²) in [5.74, 6) is 0. The van der Waals surface area contributed by atoms with Gasteiger partial charge >= 0.3 is 5.69 Å². The van der Waals surface area contributed by atoms with Crippen molar-refractivity contribution in [1.29, 1.82) is 0 Å². The summed E-state index contributed by atoms with van der Waals surface area (Å²) in [7, 11) is 0. The molecule has 0 amide bonds. The number of nitrogens with one attached hydrogen (secondary N) is 1. The summed E-state index contributed by atoms with van der Waals surface area (Å²) in [5.41, 5.74) is 3.07. The lowest BCUT2D eigenvalue weighted by atomic mass is 10.2. The summed E-state index contributed by atoms with van der Waals surface area (Å²) in [5, 5.41) is 0. The van der Waals surface area contributed by atoms with Crippen molar-refractivity contribution in [2.45, 2.75) is 53.9 Å². The normalized spacial score (nSPS) is 10.3. The van der Waals surface area contributed by atoms with Crippen LogP contribution in [0.2, 0.25) is 0 Å². The Balaban J connectivity index is 0.000000906. The zero-order valence-electron chi connectivity index (χ0n) is 18.1. The highest BCUT2D eigenvalue weighted by Gasteiger charge is 2.15. The van der Waals surface area contributed by atoms with Crippen molar-refractivity contribution in [2.75, 3.05) is 0 Å². The van der Waals surface area contributed by atoms with Crippen LogP contribution in [0.25, 0.3) is 30.0 Å². The molecule has 1 N–H and O–H groups in total. The Kier molecular flexibility index (Phi) is 12.7. The van der Waals surface area contributed by atoms with Gasteiger partial charge in [-0.1, -0.05) is 84.9 Å². The van der Waals surface area contributed by atoms with E-state index in [1.165, 1.54) is 23.7 Å². The smallest absolute Gasteiger partial charge is 0.306 e. The highest BCUT2D eigenvalue weighted by molar-refractivity contribution is 5.77. The third kappa shape index (κ3) is 6.38. The number of rotatable bonds is 7. The Hall–Kier alpha value is -2.88. The summed E-state index contributed by atoms with van der Waals surface area (Å²) in [6, 6.07) is 0. The van der Waals surface area contributed by atoms with Gasteiger partial charge in [0.05, 0.1) is 17.1 Å². The molecular weight excluding hydrogens is 346 g/mol. The zero-order valence-corrected chi connectivity index (χ0v) is 18.1. The molecular formula is C24H35N3O. The van der Waals surface area contributed by atoms with Crippen molar-refractivity contribution >= 4 is 30.0 Å². The minimum absolute atomic E-state index is 0.260. The molecule has 2 aromatic rings. The number of unbranched alkanes of at least 4 members (excludes halogenated alkanes) is 2. The third-order valence-electron chi connectivity index (χ3n) is 3.75. The molecule has 0 saturated carbocycles. The molecule has 4 heteroatoms. The first-order valence-electron chi connectivity index (χ1n) is 9.94. The van der Waals surface area contributed by atoms with Crippen LogP contribution in [0.3, 0.4) is 0 Å². The number of nitrogens with zero attached hydrogens (tertiary/aromatic N) is 2. The zero-order chi connectivity index (χ0) is 21.5. The van der Waals surface area contributed by atoms with Crippen LogP contribution in [-0.2, 0) is 0 Å². The van der Waals surface area contributed by atoms with E-state index in [1.807, 2.05) is 39.0 Å². The van der Waals surface area contributed by atoms with Crippen LogP contribution in [0.15, 0.2) is 42.8 Å². The number of hydrogen-bond donors (Lipinski definition) is 1. The van der Waals surface area contributed by atoms with Gasteiger partial charge in [0.1, 0.15) is 0 Å². The molecule has 0 unspecified atom stereocenters. The van der Waals surface area contributed by atoms with Crippen molar-refractivity contribution in [1.82, 2.24) is 14.4 Å². The summed E-state index contributed by atoms with van der Waals surface area (Å²) in [4.78, 5) is 19.6. The van der Waals surface area contributed by atoms with Gasteiger partial charge in [0, 0.05) is 5.56 Å². The topological polar surface area (TPSA) is 50.2 Å². The first-order valence-corrected chi connectivity index (χ1v) is 9.94. The second kappa shape index (κ2) is 14.2. The molecule has 0 aliphatic carbocycles. The number of hydrogen-bond acceptors (Lipinski definition) is 2. The molecule has 2 rings (SSSR count). The molecule has 0 aromatic carbocycles. The maximum absolute atomic E-state index is 12.3. The van der Waals surface area contributed by atoms with Crippen LogP contribution in [0.4, 0.5) is 0 Å². The van der Waals surface area contributed by atoms with Gasteiger partial charge in [0.25, 0.3) is 0 Å². The lowest BCUT2D eigenvalue weighted by Crippen LogP contribution is -2.19. The Labute approximate surface area is 169 Å². The second-order valence-electron chi connectivity index (χ2n) is 5.66. The predicted octanol–water partition coefficient (Wildman–Crippen LogP) is 6.76. The van der Waals surface area contributed by atoms with E-state index in [1.54, 1.807) is 24.3 Å². The van der Waals surface area contributed by atoms with E-state index in [0.717, 1.165) is 5.56 Å². The Morgan fingerprint density at radius 2 is 1.71 bits per heavy atom. The fourth-order valence-corrected chi connectivity index (χ4v) is 2.51. The van der Waals surface area contributed by atoms with Crippen molar-refractivity contribution in [2.24, 2.45) is 0 Å². The minimum Gasteiger partial charge on any atom is -0.306 e. The lowest BCUT2D eigenvalue weighted by molar-refractivity contribution is 0.772. The van der Waals surface area contributed by atoms with Crippen LogP contribution in [0.5, 0.6) is 0 Å². The van der Waals surface area contributed by atoms with Crippen molar-refractivity contribution in [3.63, 3.8) is 0 Å². The number of aromatic nitrogens is 3. The van der Waals surface area contributed by atoms with Crippen molar-refractivity contribution < 1.29 is 0 Å². The molecule has 0 bridgehead atoms. The highest BCUT2D eigenvalue weighted by atomic mass is 16.1. The van der Waals surface area contributed by atoms with Gasteiger partial charge in [0.2, 0.25) is 0 Å². The summed E-state index contributed by atoms with van der Waals surface area (Å²) in [6.45, 7) is 21.5. The summed E-state index contributed by atoms with van der Waals surface area (Å²) >= 11 is 0. The average Bonchev–Trinajstić information content (AvgIpc) is 3.09. The van der Waals surface area contributed by atoms with Crippen LogP contribution in [0.1, 0.15) is 76.5 Å². The molecule has 152 valence electrons. The molecule has 0 fully saturated rings. The fourth-order valence-electron chi connectivity index (χ4n) is 2.51. The van der Waals surface area contributed by atoms with Crippen molar-refractivity contribution in [3.05, 3.63) is 71.1 Å². The molecule has 28 heavy (non-hydrogen) atoms. The molecule has 0 radical (unpaired) electrons. The highest BCUT2D eigenvalue weighted by Crippen LogP contribution is 2.20. The second-order valence-corrected chi connectivity index (χ2v) is 5.66. The molecule has 2 aromatic heterocycles. The maximum Gasteiger partial charge on any atom is 0.332 e. The molecule has 0 aliphatic rings. The van der Waals surface area contributed by atoms with Gasteiger partial charge in [-0.3, -0.25) is 0 Å². The quantitative estimate of drug-likeness (QED) is 0.538. The Morgan fingerprint density at radius 1 is 1.07 bits per heavy atom. The molecule has 4 nitrogen and oxygen atoms in total. The van der Waals surface area contributed by atoms with Gasteiger partial charge < -0.3 is 4.98 Å². The number of H-pyrrole nitrogens is 1. The van der Waals surface area contributed by atoms with E-state index in [9.17, 15) is 4.79 Å². The van der Waals surface area contributed by atoms with E-state index in [4.69, 9.17) is 0 Å². The molecule has 0 spiro atoms. The SMILES string of the molecule is C=C/C=C\c1c(C=C)[nH]c(=O)n2c(/C=C\C)c(C=C)nc12.CC.CCCCC. The summed E-state index contributed by atoms with van der Waals surface area (Å²) < 4.78 is 1.53. The van der Waals surface area contributed by atoms with Crippen LogP contribution in [0, 0.1) is 0 Å². The Bertz CT molecular complexity index is 877. The van der Waals surface area contributed by atoms with E-state index in [0.29, 0.717) is 22.7 Å². The summed E-state index contributed by atoms with van der Waals surface area (Å²) in [6.07, 6.45) is 16.3. The minimum atomic E-state index is -0.260.